The van der Waals surface area contributed by atoms with Crippen molar-refractivity contribution in [1.29, 1.82) is 5.26 Å². The standard InChI is InChI=1S/C20H14Cl2N2O2/c1-2-26-20(25)19-15(8-13(11-23)12-6-4-3-5-7-12)18-16(22)9-14(21)10-17(18)24-19/h3-10,24H,2H2,1H3/b13-8-. The zero-order valence-corrected chi connectivity index (χ0v) is 15.4. The lowest BCUT2D eigenvalue weighted by Crippen LogP contribution is -2.06. The Balaban J connectivity index is 2.29. The first-order valence-corrected chi connectivity index (χ1v) is 8.65. The van der Waals surface area contributed by atoms with E-state index < -0.39 is 5.97 Å². The maximum absolute atomic E-state index is 12.4. The second-order valence-corrected chi connectivity index (χ2v) is 6.32. The van der Waals surface area contributed by atoms with Gasteiger partial charge in [-0.1, -0.05) is 53.5 Å². The third kappa shape index (κ3) is 3.45. The molecule has 26 heavy (non-hydrogen) atoms. The number of aromatic amines is 1. The summed E-state index contributed by atoms with van der Waals surface area (Å²) in [7, 11) is 0. The van der Waals surface area contributed by atoms with Crippen LogP contribution in [0.15, 0.2) is 42.5 Å². The molecule has 0 fully saturated rings. The normalized spacial score (nSPS) is 11.4. The quantitative estimate of drug-likeness (QED) is 0.462. The summed E-state index contributed by atoms with van der Waals surface area (Å²) in [5, 5.41) is 11.0. The average molecular weight is 385 g/mol. The maximum Gasteiger partial charge on any atom is 0.355 e. The van der Waals surface area contributed by atoms with Crippen molar-refractivity contribution in [1.82, 2.24) is 4.98 Å². The molecule has 1 heterocycles. The van der Waals surface area contributed by atoms with E-state index in [0.29, 0.717) is 32.1 Å². The molecule has 6 heteroatoms. The molecule has 0 aliphatic carbocycles. The summed E-state index contributed by atoms with van der Waals surface area (Å²) in [4.78, 5) is 15.4. The van der Waals surface area contributed by atoms with Crippen molar-refractivity contribution in [2.45, 2.75) is 6.92 Å². The van der Waals surface area contributed by atoms with E-state index >= 15 is 0 Å². The molecule has 0 amide bonds. The summed E-state index contributed by atoms with van der Waals surface area (Å²) < 4.78 is 5.13. The average Bonchev–Trinajstić information content (AvgIpc) is 2.99. The molecular weight excluding hydrogens is 371 g/mol. The van der Waals surface area contributed by atoms with Crippen LogP contribution >= 0.6 is 23.2 Å². The number of ether oxygens (including phenoxy) is 1. The molecule has 0 aliphatic rings. The van der Waals surface area contributed by atoms with Crippen LogP contribution in [0.1, 0.15) is 28.5 Å². The fraction of sp³-hybridized carbons (Fsp3) is 0.100. The van der Waals surface area contributed by atoms with Gasteiger partial charge in [-0.3, -0.25) is 0 Å². The lowest BCUT2D eigenvalue weighted by atomic mass is 10.0. The number of rotatable bonds is 4. The number of carbonyl (C=O) groups excluding carboxylic acids is 1. The van der Waals surface area contributed by atoms with E-state index in [2.05, 4.69) is 11.1 Å². The molecule has 4 nitrogen and oxygen atoms in total. The van der Waals surface area contributed by atoms with E-state index in [1.807, 2.05) is 30.3 Å². The molecule has 0 saturated carbocycles. The molecule has 1 N–H and O–H groups in total. The van der Waals surface area contributed by atoms with Crippen molar-refractivity contribution in [2.75, 3.05) is 6.61 Å². The molecule has 0 unspecified atom stereocenters. The highest BCUT2D eigenvalue weighted by Crippen LogP contribution is 2.35. The van der Waals surface area contributed by atoms with Crippen LogP contribution < -0.4 is 0 Å². The number of nitriles is 1. The smallest absolute Gasteiger partial charge is 0.355 e. The number of benzene rings is 2. The van der Waals surface area contributed by atoms with Crippen LogP contribution in [0.2, 0.25) is 10.0 Å². The minimum atomic E-state index is -0.521. The van der Waals surface area contributed by atoms with Crippen molar-refractivity contribution in [3.63, 3.8) is 0 Å². The van der Waals surface area contributed by atoms with Crippen LogP contribution in [-0.2, 0) is 4.74 Å². The van der Waals surface area contributed by atoms with Gasteiger partial charge in [-0.05, 0) is 30.7 Å². The van der Waals surface area contributed by atoms with Crippen LogP contribution in [0.25, 0.3) is 22.6 Å². The lowest BCUT2D eigenvalue weighted by molar-refractivity contribution is 0.0520. The Hall–Kier alpha value is -2.74. The number of hydrogen-bond donors (Lipinski definition) is 1. The zero-order valence-electron chi connectivity index (χ0n) is 13.8. The SMILES string of the molecule is CCOC(=O)c1[nH]c2cc(Cl)cc(Cl)c2c1/C=C(/C#N)c1ccccc1. The molecule has 0 bridgehead atoms. The van der Waals surface area contributed by atoms with Gasteiger partial charge in [0.05, 0.1) is 23.3 Å². The molecule has 0 spiro atoms. The summed E-state index contributed by atoms with van der Waals surface area (Å²) in [5.74, 6) is -0.521. The fourth-order valence-corrected chi connectivity index (χ4v) is 3.32. The number of nitrogens with zero attached hydrogens (tertiary/aromatic N) is 1. The molecule has 2 aromatic carbocycles. The third-order valence-electron chi connectivity index (χ3n) is 3.83. The number of esters is 1. The van der Waals surface area contributed by atoms with E-state index in [1.54, 1.807) is 25.1 Å². The molecule has 130 valence electrons. The van der Waals surface area contributed by atoms with Gasteiger partial charge in [-0.25, -0.2) is 4.79 Å². The summed E-state index contributed by atoms with van der Waals surface area (Å²) in [6.45, 7) is 1.96. The van der Waals surface area contributed by atoms with E-state index in [-0.39, 0.29) is 12.3 Å². The largest absolute Gasteiger partial charge is 0.461 e. The second-order valence-electron chi connectivity index (χ2n) is 5.48. The second kappa shape index (κ2) is 7.65. The van der Waals surface area contributed by atoms with E-state index in [0.717, 1.165) is 5.56 Å². The molecule has 0 saturated heterocycles. The minimum Gasteiger partial charge on any atom is -0.461 e. The monoisotopic (exact) mass is 384 g/mol. The Kier molecular flexibility index (Phi) is 5.32. The van der Waals surface area contributed by atoms with E-state index in [9.17, 15) is 10.1 Å². The number of hydrogen-bond acceptors (Lipinski definition) is 3. The third-order valence-corrected chi connectivity index (χ3v) is 4.34. The predicted molar refractivity (Wildman–Crippen MR) is 104 cm³/mol. The number of fused-ring (bicyclic) bond motifs is 1. The van der Waals surface area contributed by atoms with Crippen molar-refractivity contribution < 1.29 is 9.53 Å². The molecule has 0 atom stereocenters. The Morgan fingerprint density at radius 3 is 2.65 bits per heavy atom. The Morgan fingerprint density at radius 2 is 2.00 bits per heavy atom. The summed E-state index contributed by atoms with van der Waals surface area (Å²) in [5.41, 5.74) is 2.48. The van der Waals surface area contributed by atoms with Gasteiger partial charge in [0.25, 0.3) is 0 Å². The lowest BCUT2D eigenvalue weighted by Gasteiger charge is -2.04. The molecular formula is C20H14Cl2N2O2. The summed E-state index contributed by atoms with van der Waals surface area (Å²) in [6.07, 6.45) is 1.64. The van der Waals surface area contributed by atoms with E-state index in [4.69, 9.17) is 27.9 Å². The number of H-pyrrole nitrogens is 1. The highest BCUT2D eigenvalue weighted by Gasteiger charge is 2.20. The summed E-state index contributed by atoms with van der Waals surface area (Å²) >= 11 is 12.4. The predicted octanol–water partition coefficient (Wildman–Crippen LogP) is 5.72. The van der Waals surface area contributed by atoms with Crippen molar-refractivity contribution in [3.05, 3.63) is 69.3 Å². The number of aromatic nitrogens is 1. The Bertz CT molecular complexity index is 1050. The van der Waals surface area contributed by atoms with Crippen LogP contribution in [-0.4, -0.2) is 17.6 Å². The van der Waals surface area contributed by atoms with Gasteiger partial charge < -0.3 is 9.72 Å². The van der Waals surface area contributed by atoms with Gasteiger partial charge in [-0.15, -0.1) is 0 Å². The Labute approximate surface area is 160 Å². The van der Waals surface area contributed by atoms with Gasteiger partial charge in [0, 0.05) is 21.5 Å². The highest BCUT2D eigenvalue weighted by atomic mass is 35.5. The topological polar surface area (TPSA) is 65.9 Å². The highest BCUT2D eigenvalue weighted by molar-refractivity contribution is 6.39. The van der Waals surface area contributed by atoms with Gasteiger partial charge in [0.2, 0.25) is 0 Å². The van der Waals surface area contributed by atoms with Gasteiger partial charge in [0.1, 0.15) is 5.69 Å². The van der Waals surface area contributed by atoms with Gasteiger partial charge >= 0.3 is 5.97 Å². The first-order valence-electron chi connectivity index (χ1n) is 7.90. The van der Waals surface area contributed by atoms with Crippen molar-refractivity contribution >= 4 is 51.7 Å². The van der Waals surface area contributed by atoms with Gasteiger partial charge in [-0.2, -0.15) is 5.26 Å². The molecule has 0 aliphatic heterocycles. The molecule has 3 rings (SSSR count). The number of allylic oxidation sites excluding steroid dienone is 1. The van der Waals surface area contributed by atoms with Crippen LogP contribution in [0.3, 0.4) is 0 Å². The minimum absolute atomic E-state index is 0.231. The molecule has 1 aromatic heterocycles. The van der Waals surface area contributed by atoms with Crippen molar-refractivity contribution in [3.8, 4) is 6.07 Å². The number of halogens is 2. The van der Waals surface area contributed by atoms with Crippen LogP contribution in [0.5, 0.6) is 0 Å². The number of carbonyl (C=O) groups is 1. The first kappa shape index (κ1) is 18.1. The van der Waals surface area contributed by atoms with Crippen molar-refractivity contribution in [2.24, 2.45) is 0 Å². The maximum atomic E-state index is 12.4. The first-order chi connectivity index (χ1) is 12.5. The fourth-order valence-electron chi connectivity index (χ4n) is 2.72. The molecule has 3 aromatic rings. The zero-order chi connectivity index (χ0) is 18.7. The van der Waals surface area contributed by atoms with Crippen LogP contribution in [0.4, 0.5) is 0 Å². The summed E-state index contributed by atoms with van der Waals surface area (Å²) in [6, 6.07) is 14.7. The van der Waals surface area contributed by atoms with Crippen LogP contribution in [0, 0.1) is 11.3 Å². The Morgan fingerprint density at radius 1 is 1.27 bits per heavy atom. The van der Waals surface area contributed by atoms with E-state index in [1.165, 1.54) is 0 Å². The number of nitrogens with one attached hydrogen (secondary N) is 1. The molecule has 0 radical (unpaired) electrons. The van der Waals surface area contributed by atoms with Gasteiger partial charge in [0.15, 0.2) is 0 Å².